The third-order valence-corrected chi connectivity index (χ3v) is 4.17. The fourth-order valence-electron chi connectivity index (χ4n) is 2.93. The van der Waals surface area contributed by atoms with Gasteiger partial charge in [-0.25, -0.2) is 0 Å². The molecule has 2 N–H and O–H groups in total. The molecule has 0 atom stereocenters. The Kier molecular flexibility index (Phi) is 5.37. The SMILES string of the molecule is CCn1c(C#CCNc2ccc(C)nc2)cc2cc(CNC)ccc21. The van der Waals surface area contributed by atoms with E-state index < -0.39 is 0 Å². The van der Waals surface area contributed by atoms with Crippen LogP contribution in [0.2, 0.25) is 0 Å². The quantitative estimate of drug-likeness (QED) is 0.702. The summed E-state index contributed by atoms with van der Waals surface area (Å²) < 4.78 is 2.26. The van der Waals surface area contributed by atoms with Crippen LogP contribution in [0.5, 0.6) is 0 Å². The van der Waals surface area contributed by atoms with E-state index in [4.69, 9.17) is 0 Å². The van der Waals surface area contributed by atoms with Crippen molar-refractivity contribution in [1.82, 2.24) is 14.9 Å². The van der Waals surface area contributed by atoms with Crippen molar-refractivity contribution in [3.05, 3.63) is 59.5 Å². The van der Waals surface area contributed by atoms with E-state index >= 15 is 0 Å². The molecule has 0 fully saturated rings. The fourth-order valence-corrected chi connectivity index (χ4v) is 2.93. The number of pyridine rings is 1. The predicted molar refractivity (Wildman–Crippen MR) is 105 cm³/mol. The molecule has 3 aromatic rings. The zero-order chi connectivity index (χ0) is 17.6. The van der Waals surface area contributed by atoms with Gasteiger partial charge in [0.05, 0.1) is 24.1 Å². The Morgan fingerprint density at radius 3 is 2.76 bits per heavy atom. The molecule has 0 radical (unpaired) electrons. The number of hydrogen-bond donors (Lipinski definition) is 2. The summed E-state index contributed by atoms with van der Waals surface area (Å²) in [4.78, 5) is 4.28. The third kappa shape index (κ3) is 4.01. The van der Waals surface area contributed by atoms with Crippen molar-refractivity contribution in [1.29, 1.82) is 0 Å². The van der Waals surface area contributed by atoms with Gasteiger partial charge in [-0.2, -0.15) is 0 Å². The van der Waals surface area contributed by atoms with E-state index in [1.165, 1.54) is 16.5 Å². The van der Waals surface area contributed by atoms with Crippen LogP contribution in [0.3, 0.4) is 0 Å². The molecule has 0 saturated carbocycles. The smallest absolute Gasteiger partial charge is 0.0931 e. The number of benzene rings is 1. The van der Waals surface area contributed by atoms with E-state index in [0.717, 1.165) is 30.2 Å². The molecule has 0 amide bonds. The summed E-state index contributed by atoms with van der Waals surface area (Å²) in [5, 5.41) is 7.73. The molecule has 2 heterocycles. The third-order valence-electron chi connectivity index (χ3n) is 4.17. The molecule has 0 bridgehead atoms. The molecule has 0 aliphatic rings. The molecule has 4 nitrogen and oxygen atoms in total. The van der Waals surface area contributed by atoms with Crippen LogP contribution in [0.1, 0.15) is 23.9 Å². The van der Waals surface area contributed by atoms with E-state index in [1.807, 2.05) is 32.3 Å². The van der Waals surface area contributed by atoms with Crippen LogP contribution in [0.15, 0.2) is 42.6 Å². The van der Waals surface area contributed by atoms with Gasteiger partial charge < -0.3 is 15.2 Å². The zero-order valence-corrected chi connectivity index (χ0v) is 15.1. The molecule has 0 saturated heterocycles. The lowest BCUT2D eigenvalue weighted by Gasteiger charge is -2.04. The maximum Gasteiger partial charge on any atom is 0.0931 e. The second-order valence-electron chi connectivity index (χ2n) is 6.04. The van der Waals surface area contributed by atoms with Gasteiger partial charge in [-0.15, -0.1) is 0 Å². The van der Waals surface area contributed by atoms with Gasteiger partial charge >= 0.3 is 0 Å². The first-order chi connectivity index (χ1) is 12.2. The minimum absolute atomic E-state index is 0.598. The van der Waals surface area contributed by atoms with Gasteiger partial charge in [0, 0.05) is 29.7 Å². The minimum Gasteiger partial charge on any atom is -0.373 e. The monoisotopic (exact) mass is 332 g/mol. The lowest BCUT2D eigenvalue weighted by Crippen LogP contribution is -2.04. The van der Waals surface area contributed by atoms with Crippen LogP contribution < -0.4 is 10.6 Å². The van der Waals surface area contributed by atoms with Crippen molar-refractivity contribution in [2.75, 3.05) is 18.9 Å². The second-order valence-corrected chi connectivity index (χ2v) is 6.04. The number of hydrogen-bond acceptors (Lipinski definition) is 3. The average Bonchev–Trinajstić information content (AvgIpc) is 2.97. The number of fused-ring (bicyclic) bond motifs is 1. The molecule has 128 valence electrons. The van der Waals surface area contributed by atoms with E-state index in [1.54, 1.807) is 0 Å². The molecule has 25 heavy (non-hydrogen) atoms. The number of anilines is 1. The van der Waals surface area contributed by atoms with Crippen molar-refractivity contribution in [3.8, 4) is 11.8 Å². The number of nitrogens with one attached hydrogen (secondary N) is 2. The summed E-state index contributed by atoms with van der Waals surface area (Å²) in [5.41, 5.74) is 5.59. The standard InChI is InChI=1S/C21H24N4/c1-4-25-20(6-5-11-23-19-9-7-16(2)24-15-19)13-18-12-17(14-22-3)8-10-21(18)25/h7-10,12-13,15,22-23H,4,11,14H2,1-3H3. The van der Waals surface area contributed by atoms with Gasteiger partial charge in [0.2, 0.25) is 0 Å². The van der Waals surface area contributed by atoms with E-state index in [9.17, 15) is 0 Å². The molecular formula is C21H24N4. The van der Waals surface area contributed by atoms with Crippen LogP contribution in [0.25, 0.3) is 10.9 Å². The Morgan fingerprint density at radius 2 is 2.04 bits per heavy atom. The van der Waals surface area contributed by atoms with Gasteiger partial charge in [0.15, 0.2) is 0 Å². The summed E-state index contributed by atoms with van der Waals surface area (Å²) in [6, 6.07) is 12.8. The molecule has 0 aliphatic carbocycles. The van der Waals surface area contributed by atoms with Gasteiger partial charge in [-0.1, -0.05) is 12.0 Å². The molecule has 1 aromatic carbocycles. The largest absolute Gasteiger partial charge is 0.373 e. The Balaban J connectivity index is 1.77. The van der Waals surface area contributed by atoms with Crippen LogP contribution in [0.4, 0.5) is 5.69 Å². The highest BCUT2D eigenvalue weighted by Gasteiger charge is 2.06. The molecule has 2 aromatic heterocycles. The van der Waals surface area contributed by atoms with Crippen LogP contribution in [-0.4, -0.2) is 23.1 Å². The molecule has 4 heteroatoms. The van der Waals surface area contributed by atoms with E-state index in [2.05, 4.69) is 63.2 Å². The fraction of sp³-hybridized carbons (Fsp3) is 0.286. The van der Waals surface area contributed by atoms with Gasteiger partial charge in [0.25, 0.3) is 0 Å². The molecule has 0 spiro atoms. The summed E-state index contributed by atoms with van der Waals surface area (Å²) in [6.45, 7) is 6.52. The topological polar surface area (TPSA) is 41.9 Å². The highest BCUT2D eigenvalue weighted by molar-refractivity contribution is 5.83. The van der Waals surface area contributed by atoms with E-state index in [0.29, 0.717) is 6.54 Å². The number of rotatable bonds is 5. The first kappa shape index (κ1) is 17.1. The summed E-state index contributed by atoms with van der Waals surface area (Å²) in [6.07, 6.45) is 1.84. The Hall–Kier alpha value is -2.77. The Bertz CT molecular complexity index is 911. The van der Waals surface area contributed by atoms with Crippen molar-refractivity contribution in [3.63, 3.8) is 0 Å². The molecule has 0 unspecified atom stereocenters. The van der Waals surface area contributed by atoms with Gasteiger partial charge in [0.1, 0.15) is 0 Å². The van der Waals surface area contributed by atoms with Crippen molar-refractivity contribution >= 4 is 16.6 Å². The van der Waals surface area contributed by atoms with Crippen LogP contribution in [0, 0.1) is 18.8 Å². The number of aromatic nitrogens is 2. The highest BCUT2D eigenvalue weighted by Crippen LogP contribution is 2.21. The predicted octanol–water partition coefficient (Wildman–Crippen LogP) is 3.55. The number of nitrogens with zero attached hydrogens (tertiary/aromatic N) is 2. The minimum atomic E-state index is 0.598. The molecule has 3 rings (SSSR count). The Morgan fingerprint density at radius 1 is 1.16 bits per heavy atom. The summed E-state index contributed by atoms with van der Waals surface area (Å²) in [7, 11) is 1.97. The summed E-state index contributed by atoms with van der Waals surface area (Å²) in [5.74, 6) is 6.52. The maximum absolute atomic E-state index is 4.28. The van der Waals surface area contributed by atoms with Crippen molar-refractivity contribution in [2.45, 2.75) is 26.9 Å². The lowest BCUT2D eigenvalue weighted by atomic mass is 10.1. The van der Waals surface area contributed by atoms with E-state index in [-0.39, 0.29) is 0 Å². The highest BCUT2D eigenvalue weighted by atomic mass is 15.0. The molecular weight excluding hydrogens is 308 g/mol. The zero-order valence-electron chi connectivity index (χ0n) is 15.1. The normalized spacial score (nSPS) is 10.5. The maximum atomic E-state index is 4.28. The van der Waals surface area contributed by atoms with Crippen LogP contribution in [-0.2, 0) is 13.1 Å². The lowest BCUT2D eigenvalue weighted by molar-refractivity contribution is 0.786. The van der Waals surface area contributed by atoms with Crippen molar-refractivity contribution in [2.24, 2.45) is 0 Å². The van der Waals surface area contributed by atoms with Crippen molar-refractivity contribution < 1.29 is 0 Å². The van der Waals surface area contributed by atoms with Gasteiger partial charge in [-0.3, -0.25) is 4.98 Å². The average molecular weight is 332 g/mol. The first-order valence-electron chi connectivity index (χ1n) is 8.63. The Labute approximate surface area is 149 Å². The summed E-state index contributed by atoms with van der Waals surface area (Å²) >= 11 is 0. The molecule has 0 aliphatic heterocycles. The van der Waals surface area contributed by atoms with Gasteiger partial charge in [-0.05, 0) is 62.7 Å². The van der Waals surface area contributed by atoms with Crippen LogP contribution >= 0.6 is 0 Å². The first-order valence-corrected chi connectivity index (χ1v) is 8.63. The second kappa shape index (κ2) is 7.87. The number of aryl methyl sites for hydroxylation is 2.